The Bertz CT molecular complexity index is 428. The number of nitrogens with zero attached hydrogens (tertiary/aromatic N) is 1. The number of rotatable bonds is 3. The number of likely N-dealkylation sites (tertiary alicyclic amines) is 1. The summed E-state index contributed by atoms with van der Waals surface area (Å²) >= 11 is 0. The minimum absolute atomic E-state index is 0.0755. The third-order valence-electron chi connectivity index (χ3n) is 3.64. The Morgan fingerprint density at radius 3 is 2.79 bits per heavy atom. The van der Waals surface area contributed by atoms with E-state index in [1.165, 1.54) is 0 Å². The zero-order valence-electron chi connectivity index (χ0n) is 11.0. The third-order valence-corrected chi connectivity index (χ3v) is 3.64. The molecule has 0 saturated carbocycles. The maximum Gasteiger partial charge on any atom is 0.393 e. The second kappa shape index (κ2) is 5.54. The van der Waals surface area contributed by atoms with Gasteiger partial charge in [0.15, 0.2) is 0 Å². The second-order valence-corrected chi connectivity index (χ2v) is 5.11. The summed E-state index contributed by atoms with van der Waals surface area (Å²) < 4.78 is 43.6. The normalized spacial score (nSPS) is 21.8. The lowest BCUT2D eigenvalue weighted by Crippen LogP contribution is -2.41. The zero-order chi connectivity index (χ0) is 14.0. The molecule has 2 heterocycles. The number of nitrogens with two attached hydrogens (primary N) is 1. The quantitative estimate of drug-likeness (QED) is 0.923. The smallest absolute Gasteiger partial charge is 0.393 e. The Balaban J connectivity index is 2.00. The van der Waals surface area contributed by atoms with Crippen LogP contribution in [-0.2, 0) is 13.1 Å². The molecule has 1 atom stereocenters. The zero-order valence-corrected chi connectivity index (χ0v) is 11.0. The van der Waals surface area contributed by atoms with Gasteiger partial charge in [0, 0.05) is 18.7 Å². The molecule has 6 heteroatoms. The van der Waals surface area contributed by atoms with E-state index < -0.39 is 12.1 Å². The molecule has 0 amide bonds. The molecule has 19 heavy (non-hydrogen) atoms. The van der Waals surface area contributed by atoms with Crippen molar-refractivity contribution in [3.63, 3.8) is 0 Å². The van der Waals surface area contributed by atoms with Gasteiger partial charge in [-0.2, -0.15) is 13.2 Å². The van der Waals surface area contributed by atoms with Crippen molar-refractivity contribution in [2.45, 2.75) is 39.0 Å². The van der Waals surface area contributed by atoms with E-state index in [2.05, 4.69) is 0 Å². The lowest BCUT2D eigenvalue weighted by Gasteiger charge is -2.33. The Morgan fingerprint density at radius 1 is 1.47 bits per heavy atom. The highest BCUT2D eigenvalue weighted by atomic mass is 19.4. The summed E-state index contributed by atoms with van der Waals surface area (Å²) in [5.41, 5.74) is 6.42. The number of alkyl halides is 3. The van der Waals surface area contributed by atoms with Crippen LogP contribution in [0, 0.1) is 12.8 Å². The van der Waals surface area contributed by atoms with Crippen molar-refractivity contribution < 1.29 is 17.6 Å². The van der Waals surface area contributed by atoms with Crippen molar-refractivity contribution in [2.75, 3.05) is 13.1 Å². The molecular formula is C13H19F3N2O. The summed E-state index contributed by atoms with van der Waals surface area (Å²) in [6.45, 7) is 3.41. The molecule has 1 aliphatic rings. The number of hydrogen-bond acceptors (Lipinski definition) is 3. The van der Waals surface area contributed by atoms with Gasteiger partial charge in [-0.1, -0.05) is 0 Å². The van der Waals surface area contributed by atoms with Crippen LogP contribution in [-0.4, -0.2) is 24.2 Å². The van der Waals surface area contributed by atoms with E-state index in [9.17, 15) is 13.2 Å². The predicted octanol–water partition coefficient (Wildman–Crippen LogP) is 2.82. The molecule has 1 unspecified atom stereocenters. The maximum absolute atomic E-state index is 12.7. The molecule has 0 aliphatic carbocycles. The monoisotopic (exact) mass is 276 g/mol. The standard InChI is InChI=1S/C13H19F3N2O/c1-9-10(5-12(6-17)19-9)7-18-4-2-3-11(8-18)13(14,15)16/h5,11H,2-4,6-8,17H2,1H3. The minimum atomic E-state index is -4.09. The van der Waals surface area contributed by atoms with E-state index in [-0.39, 0.29) is 13.0 Å². The first kappa shape index (κ1) is 14.4. The third kappa shape index (κ3) is 3.51. The largest absolute Gasteiger partial charge is 0.465 e. The van der Waals surface area contributed by atoms with Gasteiger partial charge < -0.3 is 10.2 Å². The summed E-state index contributed by atoms with van der Waals surface area (Å²) in [5.74, 6) is 0.217. The van der Waals surface area contributed by atoms with Gasteiger partial charge in [0.25, 0.3) is 0 Å². The molecule has 3 nitrogen and oxygen atoms in total. The van der Waals surface area contributed by atoms with Crippen LogP contribution in [0.2, 0.25) is 0 Å². The van der Waals surface area contributed by atoms with Crippen LogP contribution in [0.1, 0.15) is 29.9 Å². The lowest BCUT2D eigenvalue weighted by atomic mass is 9.97. The van der Waals surface area contributed by atoms with Crippen LogP contribution in [0.25, 0.3) is 0 Å². The summed E-state index contributed by atoms with van der Waals surface area (Å²) in [7, 11) is 0. The molecule has 1 saturated heterocycles. The molecular weight excluding hydrogens is 257 g/mol. The van der Waals surface area contributed by atoms with Crippen molar-refractivity contribution in [2.24, 2.45) is 11.7 Å². The maximum atomic E-state index is 12.7. The first-order chi connectivity index (χ1) is 8.90. The molecule has 1 fully saturated rings. The fourth-order valence-corrected chi connectivity index (χ4v) is 2.55. The van der Waals surface area contributed by atoms with Crippen LogP contribution >= 0.6 is 0 Å². The van der Waals surface area contributed by atoms with E-state index in [1.54, 1.807) is 0 Å². The summed E-state index contributed by atoms with van der Waals surface area (Å²) in [4.78, 5) is 1.85. The van der Waals surface area contributed by atoms with Crippen molar-refractivity contribution >= 4 is 0 Å². The SMILES string of the molecule is Cc1oc(CN)cc1CN1CCCC(C(F)(F)F)C1. The number of furan rings is 1. The van der Waals surface area contributed by atoms with Gasteiger partial charge in [0.05, 0.1) is 12.5 Å². The van der Waals surface area contributed by atoms with Crippen LogP contribution in [0.3, 0.4) is 0 Å². The first-order valence-corrected chi connectivity index (χ1v) is 6.47. The predicted molar refractivity (Wildman–Crippen MR) is 65.4 cm³/mol. The summed E-state index contributed by atoms with van der Waals surface area (Å²) in [6.07, 6.45) is -3.27. The van der Waals surface area contributed by atoms with Gasteiger partial charge in [-0.25, -0.2) is 0 Å². The number of halogens is 3. The van der Waals surface area contributed by atoms with Gasteiger partial charge >= 0.3 is 6.18 Å². The van der Waals surface area contributed by atoms with E-state index in [0.29, 0.717) is 31.8 Å². The fraction of sp³-hybridized carbons (Fsp3) is 0.692. The topological polar surface area (TPSA) is 42.4 Å². The lowest BCUT2D eigenvalue weighted by molar-refractivity contribution is -0.187. The van der Waals surface area contributed by atoms with Crippen molar-refractivity contribution in [1.29, 1.82) is 0 Å². The molecule has 0 spiro atoms. The Morgan fingerprint density at radius 2 is 2.21 bits per heavy atom. The molecule has 1 aromatic rings. The number of aryl methyl sites for hydroxylation is 1. The Hall–Kier alpha value is -1.01. The highest BCUT2D eigenvalue weighted by molar-refractivity contribution is 5.20. The van der Waals surface area contributed by atoms with E-state index in [1.807, 2.05) is 17.9 Å². The van der Waals surface area contributed by atoms with Crippen LogP contribution < -0.4 is 5.73 Å². The molecule has 0 bridgehead atoms. The first-order valence-electron chi connectivity index (χ1n) is 6.47. The van der Waals surface area contributed by atoms with E-state index in [0.717, 1.165) is 11.3 Å². The molecule has 108 valence electrons. The highest BCUT2D eigenvalue weighted by Gasteiger charge is 2.41. The van der Waals surface area contributed by atoms with Crippen LogP contribution in [0.15, 0.2) is 10.5 Å². The molecule has 1 aromatic heterocycles. The molecule has 2 rings (SSSR count). The van der Waals surface area contributed by atoms with Crippen LogP contribution in [0.4, 0.5) is 13.2 Å². The van der Waals surface area contributed by atoms with E-state index in [4.69, 9.17) is 10.2 Å². The molecule has 0 aromatic carbocycles. The van der Waals surface area contributed by atoms with Crippen molar-refractivity contribution in [3.8, 4) is 0 Å². The van der Waals surface area contributed by atoms with Crippen molar-refractivity contribution in [3.05, 3.63) is 23.2 Å². The van der Waals surface area contributed by atoms with Gasteiger partial charge in [0.2, 0.25) is 0 Å². The van der Waals surface area contributed by atoms with Crippen molar-refractivity contribution in [1.82, 2.24) is 4.90 Å². The Kier molecular flexibility index (Phi) is 4.20. The van der Waals surface area contributed by atoms with Gasteiger partial charge in [-0.15, -0.1) is 0 Å². The van der Waals surface area contributed by atoms with Crippen LogP contribution in [0.5, 0.6) is 0 Å². The summed E-state index contributed by atoms with van der Waals surface area (Å²) in [5, 5.41) is 0. The minimum Gasteiger partial charge on any atom is -0.465 e. The van der Waals surface area contributed by atoms with E-state index >= 15 is 0 Å². The van der Waals surface area contributed by atoms with Gasteiger partial charge in [-0.3, -0.25) is 4.90 Å². The van der Waals surface area contributed by atoms with Gasteiger partial charge in [-0.05, 0) is 32.4 Å². The number of hydrogen-bond donors (Lipinski definition) is 1. The van der Waals surface area contributed by atoms with Gasteiger partial charge in [0.1, 0.15) is 11.5 Å². The molecule has 1 aliphatic heterocycles. The fourth-order valence-electron chi connectivity index (χ4n) is 2.55. The summed E-state index contributed by atoms with van der Waals surface area (Å²) in [6, 6.07) is 1.84. The average molecular weight is 276 g/mol. The number of piperidine rings is 1. The molecule has 2 N–H and O–H groups in total. The average Bonchev–Trinajstić information content (AvgIpc) is 2.70. The highest BCUT2D eigenvalue weighted by Crippen LogP contribution is 2.33. The Labute approximate surface area is 110 Å². The second-order valence-electron chi connectivity index (χ2n) is 5.11. The molecule has 0 radical (unpaired) electrons.